The molecule has 1 aromatic heterocycles. The van der Waals surface area contributed by atoms with Gasteiger partial charge in [-0.25, -0.2) is 0 Å². The molecule has 1 heterocycles. The topological polar surface area (TPSA) is 50.1 Å². The Bertz CT molecular complexity index is 260. The quantitative estimate of drug-likeness (QED) is 0.667. The van der Waals surface area contributed by atoms with Gasteiger partial charge in [0.15, 0.2) is 0 Å². The fourth-order valence-corrected chi connectivity index (χ4v) is 1.29. The Morgan fingerprint density at radius 3 is 3.00 bits per heavy atom. The summed E-state index contributed by atoms with van der Waals surface area (Å²) >= 11 is 0. The summed E-state index contributed by atoms with van der Waals surface area (Å²) in [5.74, 6) is 0. The number of aryl methyl sites for hydroxylation is 1. The fraction of sp³-hybridized carbons (Fsp3) is 0.700. The number of rotatable bonds is 6. The van der Waals surface area contributed by atoms with Crippen LogP contribution >= 0.6 is 0 Å². The van der Waals surface area contributed by atoms with Crippen LogP contribution in [-0.2, 0) is 6.54 Å². The molecule has 2 N–H and O–H groups in total. The van der Waals surface area contributed by atoms with Gasteiger partial charge in [-0.2, -0.15) is 5.10 Å². The van der Waals surface area contributed by atoms with Gasteiger partial charge in [0.1, 0.15) is 0 Å². The monoisotopic (exact) mass is 197 g/mol. The third-order valence-electron chi connectivity index (χ3n) is 2.26. The van der Waals surface area contributed by atoms with Crippen LogP contribution in [-0.4, -0.2) is 28.0 Å². The van der Waals surface area contributed by atoms with Crippen molar-refractivity contribution in [1.82, 2.24) is 15.1 Å². The van der Waals surface area contributed by atoms with E-state index in [4.69, 9.17) is 5.11 Å². The highest BCUT2D eigenvalue weighted by atomic mass is 16.3. The zero-order chi connectivity index (χ0) is 10.4. The fourth-order valence-electron chi connectivity index (χ4n) is 1.29. The third-order valence-corrected chi connectivity index (χ3v) is 2.26. The molecule has 0 amide bonds. The van der Waals surface area contributed by atoms with Gasteiger partial charge in [-0.1, -0.05) is 0 Å². The second kappa shape index (κ2) is 5.78. The summed E-state index contributed by atoms with van der Waals surface area (Å²) in [4.78, 5) is 0. The smallest absolute Gasteiger partial charge is 0.0537 e. The van der Waals surface area contributed by atoms with Crippen LogP contribution < -0.4 is 5.32 Å². The Morgan fingerprint density at radius 1 is 1.64 bits per heavy atom. The van der Waals surface area contributed by atoms with Gasteiger partial charge in [-0.05, 0) is 26.8 Å². The predicted molar refractivity (Wildman–Crippen MR) is 56.0 cm³/mol. The van der Waals surface area contributed by atoms with Crippen LogP contribution in [0.15, 0.2) is 12.4 Å². The van der Waals surface area contributed by atoms with E-state index in [1.807, 2.05) is 10.9 Å². The number of hydrogen-bond acceptors (Lipinski definition) is 3. The molecule has 14 heavy (non-hydrogen) atoms. The van der Waals surface area contributed by atoms with Crippen molar-refractivity contribution in [1.29, 1.82) is 0 Å². The molecule has 0 aliphatic heterocycles. The van der Waals surface area contributed by atoms with Gasteiger partial charge in [0.25, 0.3) is 0 Å². The lowest BCUT2D eigenvalue weighted by atomic mass is 10.2. The van der Waals surface area contributed by atoms with Crippen molar-refractivity contribution in [2.45, 2.75) is 32.9 Å². The zero-order valence-corrected chi connectivity index (χ0v) is 8.90. The molecule has 0 aliphatic carbocycles. The Balaban J connectivity index is 2.39. The predicted octanol–water partition coefficient (Wildman–Crippen LogP) is 0.936. The van der Waals surface area contributed by atoms with Crippen molar-refractivity contribution < 1.29 is 5.11 Å². The first-order chi connectivity index (χ1) is 6.77. The number of nitrogens with one attached hydrogen (secondary N) is 1. The molecule has 0 bridgehead atoms. The van der Waals surface area contributed by atoms with E-state index in [1.54, 1.807) is 0 Å². The maximum Gasteiger partial charge on any atom is 0.0537 e. The Labute approximate surface area is 84.9 Å². The van der Waals surface area contributed by atoms with Crippen LogP contribution in [0, 0.1) is 0 Å². The Hall–Kier alpha value is -0.870. The first-order valence-electron chi connectivity index (χ1n) is 5.14. The molecule has 80 valence electrons. The maximum atomic E-state index is 8.64. The summed E-state index contributed by atoms with van der Waals surface area (Å²) in [5.41, 5.74) is 1.20. The Kier molecular flexibility index (Phi) is 4.62. The molecular formula is C10H19N3O. The number of aromatic nitrogens is 2. The number of hydrogen-bond donors (Lipinski definition) is 2. The lowest BCUT2D eigenvalue weighted by Crippen LogP contribution is -2.20. The van der Waals surface area contributed by atoms with Gasteiger partial charge in [-0.15, -0.1) is 0 Å². The number of aliphatic hydroxyl groups is 1. The molecule has 0 saturated carbocycles. The van der Waals surface area contributed by atoms with Crippen LogP contribution in [0.3, 0.4) is 0 Å². The van der Waals surface area contributed by atoms with Crippen molar-refractivity contribution in [3.8, 4) is 0 Å². The SMILES string of the molecule is CCn1cc(C(C)NCCCO)cn1. The summed E-state index contributed by atoms with van der Waals surface area (Å²) < 4.78 is 1.92. The summed E-state index contributed by atoms with van der Waals surface area (Å²) in [6.07, 6.45) is 4.74. The second-order valence-corrected chi connectivity index (χ2v) is 3.38. The first-order valence-corrected chi connectivity index (χ1v) is 5.14. The lowest BCUT2D eigenvalue weighted by Gasteiger charge is -2.10. The normalized spacial score (nSPS) is 13.1. The minimum absolute atomic E-state index is 0.244. The largest absolute Gasteiger partial charge is 0.396 e. The molecule has 4 nitrogen and oxygen atoms in total. The van der Waals surface area contributed by atoms with Crippen LogP contribution in [0.2, 0.25) is 0 Å². The molecule has 0 spiro atoms. The molecular weight excluding hydrogens is 178 g/mol. The Morgan fingerprint density at radius 2 is 2.43 bits per heavy atom. The zero-order valence-electron chi connectivity index (χ0n) is 8.90. The van der Waals surface area contributed by atoms with Crippen molar-refractivity contribution in [3.05, 3.63) is 18.0 Å². The van der Waals surface area contributed by atoms with E-state index < -0.39 is 0 Å². The van der Waals surface area contributed by atoms with Crippen LogP contribution in [0.4, 0.5) is 0 Å². The molecule has 1 rings (SSSR count). The van der Waals surface area contributed by atoms with E-state index in [9.17, 15) is 0 Å². The molecule has 1 unspecified atom stereocenters. The third kappa shape index (κ3) is 3.12. The van der Waals surface area contributed by atoms with Gasteiger partial charge in [0, 0.05) is 31.0 Å². The highest BCUT2D eigenvalue weighted by Crippen LogP contribution is 2.10. The van der Waals surface area contributed by atoms with Gasteiger partial charge >= 0.3 is 0 Å². The lowest BCUT2D eigenvalue weighted by molar-refractivity contribution is 0.284. The van der Waals surface area contributed by atoms with Gasteiger partial charge in [0.05, 0.1) is 6.20 Å². The first kappa shape index (κ1) is 11.2. The highest BCUT2D eigenvalue weighted by molar-refractivity contribution is 5.08. The molecule has 0 aromatic carbocycles. The van der Waals surface area contributed by atoms with Crippen molar-refractivity contribution in [3.63, 3.8) is 0 Å². The molecule has 1 aromatic rings. The molecule has 0 radical (unpaired) electrons. The number of nitrogens with zero attached hydrogens (tertiary/aromatic N) is 2. The van der Waals surface area contributed by atoms with E-state index in [-0.39, 0.29) is 6.61 Å². The van der Waals surface area contributed by atoms with Crippen LogP contribution in [0.1, 0.15) is 31.9 Å². The van der Waals surface area contributed by atoms with E-state index in [0.29, 0.717) is 6.04 Å². The maximum absolute atomic E-state index is 8.64. The molecule has 0 saturated heterocycles. The van der Waals surface area contributed by atoms with Gasteiger partial charge in [0.2, 0.25) is 0 Å². The minimum atomic E-state index is 0.244. The van der Waals surface area contributed by atoms with Crippen LogP contribution in [0.5, 0.6) is 0 Å². The van der Waals surface area contributed by atoms with E-state index in [0.717, 1.165) is 19.5 Å². The van der Waals surface area contributed by atoms with Gasteiger partial charge < -0.3 is 10.4 Å². The summed E-state index contributed by atoms with van der Waals surface area (Å²) in [7, 11) is 0. The number of aliphatic hydroxyl groups excluding tert-OH is 1. The molecule has 0 aliphatic rings. The standard InChI is InChI=1S/C10H19N3O/c1-3-13-8-10(7-12-13)9(2)11-5-4-6-14/h7-9,11,14H,3-6H2,1-2H3. The second-order valence-electron chi connectivity index (χ2n) is 3.38. The molecule has 1 atom stereocenters. The molecule has 4 heteroatoms. The summed E-state index contributed by atoms with van der Waals surface area (Å²) in [6, 6.07) is 0.307. The van der Waals surface area contributed by atoms with Crippen LogP contribution in [0.25, 0.3) is 0 Å². The summed E-state index contributed by atoms with van der Waals surface area (Å²) in [6.45, 7) is 6.17. The van der Waals surface area contributed by atoms with E-state index in [2.05, 4.69) is 30.5 Å². The summed E-state index contributed by atoms with van der Waals surface area (Å²) in [5, 5.41) is 16.2. The average molecular weight is 197 g/mol. The van der Waals surface area contributed by atoms with E-state index in [1.165, 1.54) is 5.56 Å². The van der Waals surface area contributed by atoms with Gasteiger partial charge in [-0.3, -0.25) is 4.68 Å². The van der Waals surface area contributed by atoms with Crippen molar-refractivity contribution >= 4 is 0 Å². The van der Waals surface area contributed by atoms with Crippen molar-refractivity contribution in [2.24, 2.45) is 0 Å². The van der Waals surface area contributed by atoms with E-state index >= 15 is 0 Å². The average Bonchev–Trinajstić information content (AvgIpc) is 2.66. The molecule has 0 fully saturated rings. The highest BCUT2D eigenvalue weighted by Gasteiger charge is 2.05. The van der Waals surface area contributed by atoms with Crippen molar-refractivity contribution in [2.75, 3.05) is 13.2 Å². The minimum Gasteiger partial charge on any atom is -0.396 e.